The van der Waals surface area contributed by atoms with Crippen molar-refractivity contribution in [3.8, 4) is 11.5 Å². The molecule has 0 atom stereocenters. The van der Waals surface area contributed by atoms with Crippen LogP contribution in [0.1, 0.15) is 16.1 Å². The minimum Gasteiger partial charge on any atom is -0.495 e. The average Bonchev–Trinajstić information content (AvgIpc) is 2.69. The highest BCUT2D eigenvalue weighted by Crippen LogP contribution is 2.29. The van der Waals surface area contributed by atoms with E-state index in [1.165, 1.54) is 7.11 Å². The highest BCUT2D eigenvalue weighted by Gasteiger charge is 2.12. The molecule has 0 unspecified atom stereocenters. The van der Waals surface area contributed by atoms with Crippen LogP contribution < -0.4 is 20.1 Å². The number of anilines is 3. The lowest BCUT2D eigenvalue weighted by molar-refractivity contribution is 0.102. The van der Waals surface area contributed by atoms with E-state index < -0.39 is 0 Å². The maximum atomic E-state index is 12.5. The van der Waals surface area contributed by atoms with E-state index in [9.17, 15) is 4.79 Å². The number of carbonyl (C=O) groups excluding carboxylic acids is 1. The highest BCUT2D eigenvalue weighted by molar-refractivity contribution is 6.31. The Morgan fingerprint density at radius 2 is 1.68 bits per heavy atom. The van der Waals surface area contributed by atoms with Crippen LogP contribution >= 0.6 is 11.6 Å². The quantitative estimate of drug-likeness (QED) is 0.608. The van der Waals surface area contributed by atoms with Gasteiger partial charge in [0.05, 0.1) is 37.5 Å². The van der Waals surface area contributed by atoms with Gasteiger partial charge in [-0.1, -0.05) is 17.7 Å². The van der Waals surface area contributed by atoms with Gasteiger partial charge in [-0.2, -0.15) is 0 Å². The zero-order valence-corrected chi connectivity index (χ0v) is 16.5. The number of ether oxygens (including phenoxy) is 2. The van der Waals surface area contributed by atoms with E-state index in [1.54, 1.807) is 43.6 Å². The molecule has 3 rings (SSSR count). The van der Waals surface area contributed by atoms with Gasteiger partial charge >= 0.3 is 0 Å². The highest BCUT2D eigenvalue weighted by atomic mass is 35.5. The van der Waals surface area contributed by atoms with Crippen molar-refractivity contribution in [1.82, 2.24) is 4.98 Å². The number of hydrogen-bond acceptors (Lipinski definition) is 5. The molecule has 28 heavy (non-hydrogen) atoms. The molecule has 144 valence electrons. The van der Waals surface area contributed by atoms with Crippen molar-refractivity contribution >= 4 is 34.6 Å². The van der Waals surface area contributed by atoms with E-state index >= 15 is 0 Å². The summed E-state index contributed by atoms with van der Waals surface area (Å²) in [4.78, 5) is 16.7. The third-order valence-electron chi connectivity index (χ3n) is 4.04. The van der Waals surface area contributed by atoms with Gasteiger partial charge < -0.3 is 20.1 Å². The Balaban J connectivity index is 1.75. The fourth-order valence-electron chi connectivity index (χ4n) is 2.64. The summed E-state index contributed by atoms with van der Waals surface area (Å²) in [7, 11) is 3.14. The molecule has 0 aliphatic rings. The predicted octanol–water partition coefficient (Wildman–Crippen LogP) is 5.06. The van der Waals surface area contributed by atoms with E-state index in [-0.39, 0.29) is 11.6 Å². The molecule has 1 amide bonds. The molecule has 0 saturated carbocycles. The molecule has 0 radical (unpaired) electrons. The van der Waals surface area contributed by atoms with Crippen LogP contribution in [0.2, 0.25) is 5.02 Å². The second kappa shape index (κ2) is 8.63. The molecule has 0 saturated heterocycles. The van der Waals surface area contributed by atoms with Crippen molar-refractivity contribution in [3.05, 3.63) is 71.0 Å². The second-order valence-corrected chi connectivity index (χ2v) is 6.50. The number of carbonyl (C=O) groups is 1. The molecule has 0 fully saturated rings. The van der Waals surface area contributed by atoms with Crippen LogP contribution in [0.5, 0.6) is 11.5 Å². The zero-order valence-electron chi connectivity index (χ0n) is 15.7. The number of pyridine rings is 1. The van der Waals surface area contributed by atoms with Crippen molar-refractivity contribution in [1.29, 1.82) is 0 Å². The molecular formula is C21H20ClN3O3. The van der Waals surface area contributed by atoms with Gasteiger partial charge in [0.25, 0.3) is 5.91 Å². The van der Waals surface area contributed by atoms with E-state index in [4.69, 9.17) is 21.1 Å². The molecule has 7 heteroatoms. The first-order valence-corrected chi connectivity index (χ1v) is 8.90. The molecule has 0 bridgehead atoms. The van der Waals surface area contributed by atoms with Crippen molar-refractivity contribution in [2.75, 3.05) is 24.9 Å². The topological polar surface area (TPSA) is 72.5 Å². The summed E-state index contributed by atoms with van der Waals surface area (Å²) in [5.41, 5.74) is 3.41. The third kappa shape index (κ3) is 4.53. The first kappa shape index (κ1) is 19.5. The first-order chi connectivity index (χ1) is 13.5. The van der Waals surface area contributed by atoms with Gasteiger partial charge in [0.2, 0.25) is 0 Å². The largest absolute Gasteiger partial charge is 0.495 e. The second-order valence-electron chi connectivity index (χ2n) is 6.06. The molecule has 6 nitrogen and oxygen atoms in total. The Bertz CT molecular complexity index is 991. The van der Waals surface area contributed by atoms with Crippen molar-refractivity contribution < 1.29 is 14.3 Å². The number of rotatable bonds is 6. The van der Waals surface area contributed by atoms with Crippen LogP contribution in [-0.2, 0) is 0 Å². The Labute approximate surface area is 168 Å². The van der Waals surface area contributed by atoms with Crippen molar-refractivity contribution in [3.63, 3.8) is 0 Å². The van der Waals surface area contributed by atoms with E-state index in [2.05, 4.69) is 15.6 Å². The van der Waals surface area contributed by atoms with Crippen LogP contribution in [0.4, 0.5) is 17.1 Å². The molecule has 1 heterocycles. The SMILES string of the molecule is COc1ccc(Cl)cc1NC(=O)c1ccc(Nc2cc(C)ccc2OC)cn1. The van der Waals surface area contributed by atoms with E-state index in [0.717, 1.165) is 22.7 Å². The monoisotopic (exact) mass is 397 g/mol. The summed E-state index contributed by atoms with van der Waals surface area (Å²) in [6.45, 7) is 2.00. The lowest BCUT2D eigenvalue weighted by atomic mass is 10.2. The predicted molar refractivity (Wildman–Crippen MR) is 111 cm³/mol. The average molecular weight is 398 g/mol. The Morgan fingerprint density at radius 3 is 2.36 bits per heavy atom. The maximum absolute atomic E-state index is 12.5. The summed E-state index contributed by atoms with van der Waals surface area (Å²) in [6.07, 6.45) is 1.59. The lowest BCUT2D eigenvalue weighted by Crippen LogP contribution is -2.14. The fraction of sp³-hybridized carbons (Fsp3) is 0.143. The molecule has 3 aromatic rings. The maximum Gasteiger partial charge on any atom is 0.274 e. The third-order valence-corrected chi connectivity index (χ3v) is 4.27. The van der Waals surface area contributed by atoms with Crippen LogP contribution in [0, 0.1) is 6.92 Å². The molecule has 0 aliphatic carbocycles. The van der Waals surface area contributed by atoms with Gasteiger partial charge in [-0.3, -0.25) is 4.79 Å². The molecule has 1 aromatic heterocycles. The lowest BCUT2D eigenvalue weighted by Gasteiger charge is -2.13. The Hall–Kier alpha value is -3.25. The van der Waals surface area contributed by atoms with Gasteiger partial charge in [-0.05, 0) is 55.0 Å². The minimum absolute atomic E-state index is 0.267. The molecule has 2 aromatic carbocycles. The van der Waals surface area contributed by atoms with E-state index in [0.29, 0.717) is 16.5 Å². The number of aromatic nitrogens is 1. The molecule has 0 aliphatic heterocycles. The van der Waals surface area contributed by atoms with Gasteiger partial charge in [0, 0.05) is 5.02 Å². The fourth-order valence-corrected chi connectivity index (χ4v) is 2.81. The molecule has 2 N–H and O–H groups in total. The standard InChI is InChI=1S/C21H20ClN3O3/c1-13-4-8-19(27-2)17(10-13)24-15-6-7-16(23-12-15)21(26)25-18-11-14(22)5-9-20(18)28-3/h4-12,24H,1-3H3,(H,25,26). The summed E-state index contributed by atoms with van der Waals surface area (Å²) in [6, 6.07) is 14.3. The van der Waals surface area contributed by atoms with Gasteiger partial charge in [0.15, 0.2) is 0 Å². The Kier molecular flexibility index (Phi) is 6.01. The number of nitrogens with one attached hydrogen (secondary N) is 2. The first-order valence-electron chi connectivity index (χ1n) is 8.53. The molecular weight excluding hydrogens is 378 g/mol. The normalized spacial score (nSPS) is 10.3. The summed E-state index contributed by atoms with van der Waals surface area (Å²) < 4.78 is 10.6. The summed E-state index contributed by atoms with van der Waals surface area (Å²) in [5, 5.41) is 6.51. The Morgan fingerprint density at radius 1 is 0.964 bits per heavy atom. The summed E-state index contributed by atoms with van der Waals surface area (Å²) >= 11 is 6.00. The van der Waals surface area contributed by atoms with Gasteiger partial charge in [0.1, 0.15) is 17.2 Å². The molecule has 0 spiro atoms. The number of methoxy groups -OCH3 is 2. The van der Waals surface area contributed by atoms with Crippen LogP contribution in [0.3, 0.4) is 0 Å². The number of nitrogens with zero attached hydrogens (tertiary/aromatic N) is 1. The van der Waals surface area contributed by atoms with Crippen LogP contribution in [-0.4, -0.2) is 25.1 Å². The number of amides is 1. The van der Waals surface area contributed by atoms with Gasteiger partial charge in [-0.15, -0.1) is 0 Å². The van der Waals surface area contributed by atoms with Crippen molar-refractivity contribution in [2.24, 2.45) is 0 Å². The zero-order chi connectivity index (χ0) is 20.1. The van der Waals surface area contributed by atoms with Crippen LogP contribution in [0.25, 0.3) is 0 Å². The van der Waals surface area contributed by atoms with Crippen molar-refractivity contribution in [2.45, 2.75) is 6.92 Å². The van der Waals surface area contributed by atoms with Crippen LogP contribution in [0.15, 0.2) is 54.7 Å². The smallest absolute Gasteiger partial charge is 0.274 e. The number of aryl methyl sites for hydroxylation is 1. The van der Waals surface area contributed by atoms with E-state index in [1.807, 2.05) is 25.1 Å². The number of benzene rings is 2. The minimum atomic E-state index is -0.361. The summed E-state index contributed by atoms with van der Waals surface area (Å²) in [5.74, 6) is 0.878. The van der Waals surface area contributed by atoms with Gasteiger partial charge in [-0.25, -0.2) is 4.98 Å². The number of halogens is 1. The number of hydrogen-bond donors (Lipinski definition) is 2.